The van der Waals surface area contributed by atoms with Crippen LogP contribution in [-0.4, -0.2) is 22.4 Å². The molecule has 21 heavy (non-hydrogen) atoms. The predicted molar refractivity (Wildman–Crippen MR) is 87.9 cm³/mol. The summed E-state index contributed by atoms with van der Waals surface area (Å²) in [5.74, 6) is 0.263. The second-order valence-electron chi connectivity index (χ2n) is 4.30. The van der Waals surface area contributed by atoms with Gasteiger partial charge in [0.1, 0.15) is 11.5 Å². The molecule has 1 amide bonds. The third-order valence-corrected chi connectivity index (χ3v) is 3.81. The number of hydrogen-bond donors (Lipinski definition) is 2. The van der Waals surface area contributed by atoms with Crippen molar-refractivity contribution in [3.63, 3.8) is 0 Å². The predicted octanol–water partition coefficient (Wildman–Crippen LogP) is 3.97. The van der Waals surface area contributed by atoms with Crippen LogP contribution < -0.4 is 10.6 Å². The van der Waals surface area contributed by atoms with E-state index in [2.05, 4.69) is 43.5 Å². The largest absolute Gasteiger partial charge is 0.369 e. The molecule has 2 N–H and O–H groups in total. The molecule has 1 heterocycles. The smallest absolute Gasteiger partial charge is 0.275 e. The van der Waals surface area contributed by atoms with Gasteiger partial charge in [0, 0.05) is 16.7 Å². The van der Waals surface area contributed by atoms with Crippen molar-refractivity contribution in [2.45, 2.75) is 13.3 Å². The lowest BCUT2D eigenvalue weighted by molar-refractivity contribution is 0.102. The number of carbonyl (C=O) groups excluding carboxylic acids is 1. The number of hydrogen-bond acceptors (Lipinski definition) is 4. The van der Waals surface area contributed by atoms with Crippen LogP contribution in [-0.2, 0) is 0 Å². The van der Waals surface area contributed by atoms with Gasteiger partial charge in [-0.1, -0.05) is 18.5 Å². The summed E-state index contributed by atoms with van der Waals surface area (Å²) in [6, 6.07) is 5.15. The maximum Gasteiger partial charge on any atom is 0.275 e. The standard InChI is InChI=1S/C14H14BrClN4O/c1-2-5-18-13-8-17-7-12(20-13)14(21)19-9-3-4-11(16)10(15)6-9/h3-4,6-8H,2,5H2,1H3,(H,18,20)(H,19,21). The summed E-state index contributed by atoms with van der Waals surface area (Å²) >= 11 is 9.22. The summed E-state index contributed by atoms with van der Waals surface area (Å²) in [7, 11) is 0. The second kappa shape index (κ2) is 7.38. The fourth-order valence-corrected chi connectivity index (χ4v) is 2.08. The van der Waals surface area contributed by atoms with Gasteiger partial charge < -0.3 is 10.6 Å². The van der Waals surface area contributed by atoms with Gasteiger partial charge in [0.05, 0.1) is 17.4 Å². The quantitative estimate of drug-likeness (QED) is 0.837. The first-order valence-electron chi connectivity index (χ1n) is 6.42. The number of halogens is 2. The van der Waals surface area contributed by atoms with Crippen LogP contribution in [0.5, 0.6) is 0 Å². The van der Waals surface area contributed by atoms with Gasteiger partial charge in [-0.3, -0.25) is 9.78 Å². The Hall–Kier alpha value is -1.66. The van der Waals surface area contributed by atoms with E-state index in [4.69, 9.17) is 11.6 Å². The Morgan fingerprint density at radius 1 is 1.38 bits per heavy atom. The molecule has 0 spiro atoms. The van der Waals surface area contributed by atoms with E-state index in [1.807, 2.05) is 0 Å². The molecule has 1 aromatic heterocycles. The molecule has 0 aliphatic heterocycles. The minimum Gasteiger partial charge on any atom is -0.369 e. The Morgan fingerprint density at radius 3 is 2.90 bits per heavy atom. The van der Waals surface area contributed by atoms with Crippen LogP contribution in [0, 0.1) is 0 Å². The maximum atomic E-state index is 12.1. The molecule has 2 rings (SSSR count). The first-order chi connectivity index (χ1) is 10.1. The minimum absolute atomic E-state index is 0.252. The summed E-state index contributed by atoms with van der Waals surface area (Å²) in [5.41, 5.74) is 0.882. The molecule has 1 aromatic carbocycles. The van der Waals surface area contributed by atoms with Crippen molar-refractivity contribution in [1.29, 1.82) is 0 Å². The van der Waals surface area contributed by atoms with E-state index in [-0.39, 0.29) is 11.6 Å². The van der Waals surface area contributed by atoms with E-state index in [0.717, 1.165) is 13.0 Å². The summed E-state index contributed by atoms with van der Waals surface area (Å²) in [5, 5.41) is 6.43. The highest BCUT2D eigenvalue weighted by molar-refractivity contribution is 9.10. The number of nitrogens with zero attached hydrogens (tertiary/aromatic N) is 2. The SMILES string of the molecule is CCCNc1cncc(C(=O)Nc2ccc(Cl)c(Br)c2)n1. The molecule has 0 aliphatic rings. The number of amides is 1. The summed E-state index contributed by atoms with van der Waals surface area (Å²) in [6.45, 7) is 2.83. The summed E-state index contributed by atoms with van der Waals surface area (Å²) in [4.78, 5) is 20.4. The lowest BCUT2D eigenvalue weighted by Gasteiger charge is -2.07. The fourth-order valence-electron chi connectivity index (χ4n) is 1.58. The van der Waals surface area contributed by atoms with Gasteiger partial charge >= 0.3 is 0 Å². The topological polar surface area (TPSA) is 66.9 Å². The third-order valence-electron chi connectivity index (χ3n) is 2.60. The average molecular weight is 370 g/mol. The highest BCUT2D eigenvalue weighted by Crippen LogP contribution is 2.25. The molecule has 0 atom stereocenters. The number of anilines is 2. The van der Waals surface area contributed by atoms with Crippen LogP contribution in [0.1, 0.15) is 23.8 Å². The van der Waals surface area contributed by atoms with Crippen molar-refractivity contribution in [2.75, 3.05) is 17.2 Å². The van der Waals surface area contributed by atoms with Crippen LogP contribution in [0.15, 0.2) is 35.1 Å². The molecule has 2 aromatic rings. The van der Waals surface area contributed by atoms with Gasteiger partial charge in [0.2, 0.25) is 0 Å². The normalized spacial score (nSPS) is 10.2. The van der Waals surface area contributed by atoms with Gasteiger partial charge in [-0.25, -0.2) is 4.98 Å². The Kier molecular flexibility index (Phi) is 5.52. The lowest BCUT2D eigenvalue weighted by atomic mass is 10.3. The first kappa shape index (κ1) is 15.7. The molecule has 0 fully saturated rings. The lowest BCUT2D eigenvalue weighted by Crippen LogP contribution is -2.15. The van der Waals surface area contributed by atoms with Crippen LogP contribution in [0.4, 0.5) is 11.5 Å². The number of carbonyl (C=O) groups is 1. The van der Waals surface area contributed by atoms with Crippen molar-refractivity contribution in [2.24, 2.45) is 0 Å². The second-order valence-corrected chi connectivity index (χ2v) is 5.56. The molecular weight excluding hydrogens is 356 g/mol. The Balaban J connectivity index is 2.10. The van der Waals surface area contributed by atoms with Gasteiger partial charge in [0.25, 0.3) is 5.91 Å². The maximum absolute atomic E-state index is 12.1. The zero-order valence-electron chi connectivity index (χ0n) is 11.4. The fraction of sp³-hybridized carbons (Fsp3) is 0.214. The molecule has 5 nitrogen and oxygen atoms in total. The van der Waals surface area contributed by atoms with Gasteiger partial charge in [-0.15, -0.1) is 0 Å². The number of aromatic nitrogens is 2. The molecule has 0 saturated heterocycles. The number of rotatable bonds is 5. The van der Waals surface area contributed by atoms with Gasteiger partial charge in [-0.05, 0) is 40.5 Å². The highest BCUT2D eigenvalue weighted by Gasteiger charge is 2.10. The zero-order chi connectivity index (χ0) is 15.2. The molecular formula is C14H14BrClN4O. The van der Waals surface area contributed by atoms with E-state index in [0.29, 0.717) is 21.0 Å². The van der Waals surface area contributed by atoms with Crippen molar-refractivity contribution in [3.8, 4) is 0 Å². The summed E-state index contributed by atoms with van der Waals surface area (Å²) in [6.07, 6.45) is 3.99. The van der Waals surface area contributed by atoms with Crippen molar-refractivity contribution < 1.29 is 4.79 Å². The molecule has 110 valence electrons. The van der Waals surface area contributed by atoms with Crippen molar-refractivity contribution >= 4 is 44.9 Å². The zero-order valence-corrected chi connectivity index (χ0v) is 13.7. The molecule has 0 unspecified atom stereocenters. The molecule has 0 aliphatic carbocycles. The van der Waals surface area contributed by atoms with E-state index in [1.54, 1.807) is 24.4 Å². The highest BCUT2D eigenvalue weighted by atomic mass is 79.9. The first-order valence-corrected chi connectivity index (χ1v) is 7.59. The molecule has 0 bridgehead atoms. The van der Waals surface area contributed by atoms with E-state index in [1.165, 1.54) is 6.20 Å². The molecule has 7 heteroatoms. The van der Waals surface area contributed by atoms with E-state index in [9.17, 15) is 4.79 Å². The Bertz CT molecular complexity index is 651. The third kappa shape index (κ3) is 4.41. The van der Waals surface area contributed by atoms with E-state index >= 15 is 0 Å². The Morgan fingerprint density at radius 2 is 2.19 bits per heavy atom. The van der Waals surface area contributed by atoms with Gasteiger partial charge in [-0.2, -0.15) is 0 Å². The van der Waals surface area contributed by atoms with Gasteiger partial charge in [0.15, 0.2) is 0 Å². The van der Waals surface area contributed by atoms with E-state index < -0.39 is 0 Å². The average Bonchev–Trinajstić information content (AvgIpc) is 2.49. The number of benzene rings is 1. The monoisotopic (exact) mass is 368 g/mol. The molecule has 0 saturated carbocycles. The minimum atomic E-state index is -0.322. The van der Waals surface area contributed by atoms with Crippen LogP contribution in [0.2, 0.25) is 5.02 Å². The van der Waals surface area contributed by atoms with Crippen molar-refractivity contribution in [3.05, 3.63) is 45.8 Å². The molecule has 0 radical (unpaired) electrons. The van der Waals surface area contributed by atoms with Crippen LogP contribution >= 0.6 is 27.5 Å². The van der Waals surface area contributed by atoms with Crippen LogP contribution in [0.25, 0.3) is 0 Å². The number of nitrogens with one attached hydrogen (secondary N) is 2. The van der Waals surface area contributed by atoms with Crippen LogP contribution in [0.3, 0.4) is 0 Å². The summed E-state index contributed by atoms with van der Waals surface area (Å²) < 4.78 is 0.714. The Labute approximate surface area is 136 Å². The van der Waals surface area contributed by atoms with Crippen molar-refractivity contribution in [1.82, 2.24) is 9.97 Å².